The molecule has 0 aromatic carbocycles. The van der Waals surface area contributed by atoms with E-state index in [2.05, 4.69) is 5.32 Å². The van der Waals surface area contributed by atoms with E-state index in [-0.39, 0.29) is 0 Å². The van der Waals surface area contributed by atoms with Gasteiger partial charge in [-0.25, -0.2) is 0 Å². The van der Waals surface area contributed by atoms with E-state index in [1.807, 2.05) is 0 Å². The molecule has 2 saturated carbocycles. The lowest BCUT2D eigenvalue weighted by molar-refractivity contribution is -0.143. The molecular formula is C12H21NO2. The first kappa shape index (κ1) is 10.9. The van der Waals surface area contributed by atoms with Gasteiger partial charge in [0.1, 0.15) is 0 Å². The van der Waals surface area contributed by atoms with Gasteiger partial charge in [0.25, 0.3) is 0 Å². The van der Waals surface area contributed by atoms with Gasteiger partial charge < -0.3 is 10.4 Å². The van der Waals surface area contributed by atoms with E-state index in [9.17, 15) is 4.79 Å². The molecule has 2 aliphatic rings. The highest BCUT2D eigenvalue weighted by atomic mass is 16.4. The topological polar surface area (TPSA) is 49.3 Å². The van der Waals surface area contributed by atoms with Crippen molar-refractivity contribution in [2.75, 3.05) is 6.54 Å². The Labute approximate surface area is 91.2 Å². The van der Waals surface area contributed by atoms with E-state index in [1.165, 1.54) is 38.5 Å². The lowest BCUT2D eigenvalue weighted by atomic mass is 10.1. The molecule has 3 nitrogen and oxygen atoms in total. The maximum Gasteiger partial charge on any atom is 0.310 e. The molecule has 0 heterocycles. The summed E-state index contributed by atoms with van der Waals surface area (Å²) in [4.78, 5) is 11.0. The van der Waals surface area contributed by atoms with E-state index < -0.39 is 11.4 Å². The van der Waals surface area contributed by atoms with Crippen molar-refractivity contribution in [1.29, 1.82) is 0 Å². The van der Waals surface area contributed by atoms with Crippen LogP contribution in [0.4, 0.5) is 0 Å². The first-order valence-electron chi connectivity index (χ1n) is 6.20. The minimum atomic E-state index is -0.608. The lowest BCUT2D eigenvalue weighted by Crippen LogP contribution is -2.36. The Morgan fingerprint density at radius 3 is 2.27 bits per heavy atom. The molecule has 0 aliphatic heterocycles. The summed E-state index contributed by atoms with van der Waals surface area (Å²) in [5.74, 6) is -0.608. The summed E-state index contributed by atoms with van der Waals surface area (Å²) in [7, 11) is 0. The molecule has 0 atom stereocenters. The molecule has 15 heavy (non-hydrogen) atoms. The normalized spacial score (nSPS) is 25.9. The van der Waals surface area contributed by atoms with Crippen LogP contribution in [0.25, 0.3) is 0 Å². The third-order valence-electron chi connectivity index (χ3n) is 3.89. The Hall–Kier alpha value is -0.570. The van der Waals surface area contributed by atoms with Gasteiger partial charge >= 0.3 is 5.97 Å². The number of carboxylic acids is 1. The number of nitrogens with one attached hydrogen (secondary N) is 1. The molecule has 0 unspecified atom stereocenters. The summed E-state index contributed by atoms with van der Waals surface area (Å²) in [5, 5.41) is 12.5. The Balaban J connectivity index is 1.74. The number of carboxylic acid groups (broad SMARTS) is 1. The predicted molar refractivity (Wildman–Crippen MR) is 58.8 cm³/mol. The first-order chi connectivity index (χ1) is 7.23. The van der Waals surface area contributed by atoms with Crippen LogP contribution in [0.5, 0.6) is 0 Å². The van der Waals surface area contributed by atoms with Crippen molar-refractivity contribution >= 4 is 5.97 Å². The van der Waals surface area contributed by atoms with Crippen LogP contribution in [-0.4, -0.2) is 23.7 Å². The zero-order valence-corrected chi connectivity index (χ0v) is 9.30. The standard InChI is InChI=1S/C12H21NO2/c14-11(15)12(7-8-12)9-13-10-5-3-1-2-4-6-10/h10,13H,1-9H2,(H,14,15). The highest BCUT2D eigenvalue weighted by molar-refractivity contribution is 5.78. The molecule has 86 valence electrons. The molecule has 2 fully saturated rings. The third kappa shape index (κ3) is 2.71. The summed E-state index contributed by atoms with van der Waals surface area (Å²) >= 11 is 0. The number of rotatable bonds is 4. The number of carbonyl (C=O) groups is 1. The Morgan fingerprint density at radius 2 is 1.80 bits per heavy atom. The van der Waals surface area contributed by atoms with E-state index in [1.54, 1.807) is 0 Å². The van der Waals surface area contributed by atoms with Gasteiger partial charge in [0.05, 0.1) is 5.41 Å². The highest BCUT2D eigenvalue weighted by Gasteiger charge is 2.49. The minimum absolute atomic E-state index is 0.397. The monoisotopic (exact) mass is 211 g/mol. The molecule has 0 aromatic rings. The van der Waals surface area contributed by atoms with Crippen molar-refractivity contribution in [3.05, 3.63) is 0 Å². The quantitative estimate of drug-likeness (QED) is 0.701. The van der Waals surface area contributed by atoms with Crippen molar-refractivity contribution in [2.45, 2.75) is 57.4 Å². The summed E-state index contributed by atoms with van der Waals surface area (Å²) in [6.45, 7) is 0.687. The highest BCUT2D eigenvalue weighted by Crippen LogP contribution is 2.45. The van der Waals surface area contributed by atoms with Gasteiger partial charge in [-0.15, -0.1) is 0 Å². The van der Waals surface area contributed by atoms with Crippen LogP contribution in [0, 0.1) is 5.41 Å². The summed E-state index contributed by atoms with van der Waals surface area (Å²) in [5.41, 5.74) is -0.397. The summed E-state index contributed by atoms with van der Waals surface area (Å²) < 4.78 is 0. The van der Waals surface area contributed by atoms with Crippen LogP contribution in [0.1, 0.15) is 51.4 Å². The smallest absolute Gasteiger partial charge is 0.310 e. The molecule has 0 saturated heterocycles. The number of hydrogen-bond donors (Lipinski definition) is 2. The van der Waals surface area contributed by atoms with Gasteiger partial charge in [-0.1, -0.05) is 25.7 Å². The molecule has 0 bridgehead atoms. The van der Waals surface area contributed by atoms with E-state index in [0.29, 0.717) is 12.6 Å². The first-order valence-corrected chi connectivity index (χ1v) is 6.20. The number of aliphatic carboxylic acids is 1. The minimum Gasteiger partial charge on any atom is -0.481 e. The van der Waals surface area contributed by atoms with E-state index >= 15 is 0 Å². The molecule has 0 radical (unpaired) electrons. The van der Waals surface area contributed by atoms with Crippen LogP contribution in [0.15, 0.2) is 0 Å². The Bertz CT molecular complexity index is 228. The van der Waals surface area contributed by atoms with Crippen LogP contribution >= 0.6 is 0 Å². The maximum atomic E-state index is 11.0. The fourth-order valence-corrected chi connectivity index (χ4v) is 2.44. The average Bonchev–Trinajstić information content (AvgIpc) is 3.01. The number of hydrogen-bond acceptors (Lipinski definition) is 2. The molecule has 0 aromatic heterocycles. The van der Waals surface area contributed by atoms with E-state index in [0.717, 1.165) is 12.8 Å². The Morgan fingerprint density at radius 1 is 1.20 bits per heavy atom. The molecule has 2 rings (SSSR count). The Kier molecular flexibility index (Phi) is 3.29. The SMILES string of the molecule is O=C(O)C1(CNC2CCCCCC2)CC1. The maximum absolute atomic E-state index is 11.0. The van der Waals surface area contributed by atoms with Crippen molar-refractivity contribution in [3.63, 3.8) is 0 Å². The molecule has 3 heteroatoms. The van der Waals surface area contributed by atoms with Gasteiger partial charge in [-0.05, 0) is 25.7 Å². The summed E-state index contributed by atoms with van der Waals surface area (Å²) in [6, 6.07) is 0.573. The zero-order valence-electron chi connectivity index (χ0n) is 9.30. The van der Waals surface area contributed by atoms with Crippen molar-refractivity contribution < 1.29 is 9.90 Å². The third-order valence-corrected chi connectivity index (χ3v) is 3.89. The second-order valence-electron chi connectivity index (χ2n) is 5.15. The van der Waals surface area contributed by atoms with Crippen molar-refractivity contribution in [2.24, 2.45) is 5.41 Å². The summed E-state index contributed by atoms with van der Waals surface area (Å²) in [6.07, 6.45) is 9.50. The fourth-order valence-electron chi connectivity index (χ4n) is 2.44. The lowest BCUT2D eigenvalue weighted by Gasteiger charge is -2.19. The molecular weight excluding hydrogens is 190 g/mol. The van der Waals surface area contributed by atoms with Crippen molar-refractivity contribution in [3.8, 4) is 0 Å². The van der Waals surface area contributed by atoms with Crippen LogP contribution in [0.3, 0.4) is 0 Å². The zero-order chi connectivity index (χ0) is 10.7. The molecule has 2 aliphatic carbocycles. The molecule has 2 N–H and O–H groups in total. The van der Waals surface area contributed by atoms with Gasteiger partial charge in [0, 0.05) is 12.6 Å². The molecule has 0 spiro atoms. The van der Waals surface area contributed by atoms with E-state index in [4.69, 9.17) is 5.11 Å². The second-order valence-corrected chi connectivity index (χ2v) is 5.15. The van der Waals surface area contributed by atoms with Gasteiger partial charge in [0.15, 0.2) is 0 Å². The van der Waals surface area contributed by atoms with Crippen LogP contribution in [0.2, 0.25) is 0 Å². The fraction of sp³-hybridized carbons (Fsp3) is 0.917. The average molecular weight is 211 g/mol. The van der Waals surface area contributed by atoms with Gasteiger partial charge in [0.2, 0.25) is 0 Å². The van der Waals surface area contributed by atoms with Gasteiger partial charge in [-0.2, -0.15) is 0 Å². The van der Waals surface area contributed by atoms with Crippen LogP contribution < -0.4 is 5.32 Å². The van der Waals surface area contributed by atoms with Crippen LogP contribution in [-0.2, 0) is 4.79 Å². The predicted octanol–water partition coefficient (Wildman–Crippen LogP) is 2.16. The largest absolute Gasteiger partial charge is 0.481 e. The molecule has 0 amide bonds. The van der Waals surface area contributed by atoms with Crippen molar-refractivity contribution in [1.82, 2.24) is 5.32 Å². The van der Waals surface area contributed by atoms with Gasteiger partial charge in [-0.3, -0.25) is 4.79 Å². The second kappa shape index (κ2) is 4.52.